The minimum absolute atomic E-state index is 0.602. The Bertz CT molecular complexity index is 754. The molecule has 2 aromatic rings. The van der Waals surface area contributed by atoms with E-state index in [-0.39, 0.29) is 0 Å². The summed E-state index contributed by atoms with van der Waals surface area (Å²) in [7, 11) is 1.66. The van der Waals surface area contributed by atoms with Gasteiger partial charge in [-0.05, 0) is 58.2 Å². The summed E-state index contributed by atoms with van der Waals surface area (Å²) in [6.07, 6.45) is 1.96. The highest BCUT2D eigenvalue weighted by Gasteiger charge is 2.06. The average Bonchev–Trinajstić information content (AvgIpc) is 3.01. The standard InChI is InChI=1S/C21H32N4O2S/c1-6-22-21(24-14-20-25-15(3)16(4)28-20)23-12-8-9-17-10-11-18(26-5)19(13-17)27-7-2/h10-11,13H,6-9,12,14H2,1-5H3,(H2,22,23,24). The number of thiazole rings is 1. The Labute approximate surface area is 172 Å². The first-order valence-corrected chi connectivity index (χ1v) is 10.6. The van der Waals surface area contributed by atoms with Gasteiger partial charge in [-0.15, -0.1) is 11.3 Å². The number of rotatable bonds is 10. The molecule has 7 heteroatoms. The first-order valence-electron chi connectivity index (χ1n) is 9.82. The zero-order chi connectivity index (χ0) is 20.4. The molecule has 2 rings (SSSR count). The third kappa shape index (κ3) is 6.71. The second-order valence-corrected chi connectivity index (χ2v) is 7.68. The second-order valence-electron chi connectivity index (χ2n) is 6.39. The van der Waals surface area contributed by atoms with Gasteiger partial charge in [-0.1, -0.05) is 6.07 Å². The summed E-state index contributed by atoms with van der Waals surface area (Å²) in [6.45, 7) is 11.1. The first kappa shape index (κ1) is 22.0. The Morgan fingerprint density at radius 2 is 2.00 bits per heavy atom. The zero-order valence-corrected chi connectivity index (χ0v) is 18.4. The number of aromatic nitrogens is 1. The molecule has 0 amide bonds. The van der Waals surface area contributed by atoms with Gasteiger partial charge < -0.3 is 20.1 Å². The highest BCUT2D eigenvalue weighted by atomic mass is 32.1. The van der Waals surface area contributed by atoms with Crippen LogP contribution in [0.5, 0.6) is 11.5 Å². The summed E-state index contributed by atoms with van der Waals surface area (Å²) in [6, 6.07) is 6.12. The van der Waals surface area contributed by atoms with Crippen molar-refractivity contribution in [1.82, 2.24) is 15.6 Å². The molecule has 6 nitrogen and oxygen atoms in total. The summed E-state index contributed by atoms with van der Waals surface area (Å²) in [4.78, 5) is 10.5. The normalized spacial score (nSPS) is 11.4. The van der Waals surface area contributed by atoms with Gasteiger partial charge in [-0.3, -0.25) is 0 Å². The number of benzene rings is 1. The molecule has 0 aliphatic rings. The maximum atomic E-state index is 5.65. The maximum absolute atomic E-state index is 5.65. The van der Waals surface area contributed by atoms with Gasteiger partial charge >= 0.3 is 0 Å². The third-order valence-electron chi connectivity index (χ3n) is 4.25. The predicted molar refractivity (Wildman–Crippen MR) is 117 cm³/mol. The molecule has 0 unspecified atom stereocenters. The van der Waals surface area contributed by atoms with Crippen LogP contribution in [0.1, 0.15) is 41.4 Å². The molecule has 0 fully saturated rings. The van der Waals surface area contributed by atoms with Crippen molar-refractivity contribution < 1.29 is 9.47 Å². The lowest BCUT2D eigenvalue weighted by atomic mass is 10.1. The molecule has 0 radical (unpaired) electrons. The van der Waals surface area contributed by atoms with Crippen LogP contribution in [0, 0.1) is 13.8 Å². The Morgan fingerprint density at radius 3 is 2.64 bits per heavy atom. The zero-order valence-electron chi connectivity index (χ0n) is 17.6. The fourth-order valence-electron chi connectivity index (χ4n) is 2.74. The van der Waals surface area contributed by atoms with Crippen LogP contribution in [0.25, 0.3) is 0 Å². The molecule has 1 aromatic carbocycles. The van der Waals surface area contributed by atoms with Gasteiger partial charge in [0.25, 0.3) is 0 Å². The fourth-order valence-corrected chi connectivity index (χ4v) is 3.60. The summed E-state index contributed by atoms with van der Waals surface area (Å²) in [5, 5.41) is 7.75. The van der Waals surface area contributed by atoms with Gasteiger partial charge in [0.2, 0.25) is 0 Å². The SMILES string of the molecule is CCNC(=NCc1nc(C)c(C)s1)NCCCc1ccc(OC)c(OCC)c1. The van der Waals surface area contributed by atoms with Crippen molar-refractivity contribution in [2.45, 2.75) is 47.1 Å². The quantitative estimate of drug-likeness (QED) is 0.358. The summed E-state index contributed by atoms with van der Waals surface area (Å²) in [5.41, 5.74) is 2.33. The van der Waals surface area contributed by atoms with E-state index >= 15 is 0 Å². The van der Waals surface area contributed by atoms with Gasteiger partial charge in [0.05, 0.1) is 26.0 Å². The second kappa shape index (κ2) is 11.5. The van der Waals surface area contributed by atoms with Gasteiger partial charge in [0, 0.05) is 18.0 Å². The molecule has 0 saturated carbocycles. The minimum Gasteiger partial charge on any atom is -0.493 e. The van der Waals surface area contributed by atoms with Crippen LogP contribution in [0.4, 0.5) is 0 Å². The molecular formula is C21H32N4O2S. The van der Waals surface area contributed by atoms with E-state index in [0.717, 1.165) is 54.1 Å². The van der Waals surface area contributed by atoms with Crippen molar-refractivity contribution in [2.75, 3.05) is 26.8 Å². The topological polar surface area (TPSA) is 67.8 Å². The Balaban J connectivity index is 1.85. The fraction of sp³-hybridized carbons (Fsp3) is 0.524. The molecule has 0 bridgehead atoms. The molecule has 1 aromatic heterocycles. The molecule has 0 aliphatic heterocycles. The van der Waals surface area contributed by atoms with Crippen LogP contribution in [-0.4, -0.2) is 37.7 Å². The van der Waals surface area contributed by atoms with Gasteiger partial charge in [-0.25, -0.2) is 9.98 Å². The number of aliphatic imine (C=N–C) groups is 1. The predicted octanol–water partition coefficient (Wildman–Crippen LogP) is 3.86. The Morgan fingerprint density at radius 1 is 1.18 bits per heavy atom. The number of ether oxygens (including phenoxy) is 2. The van der Waals surface area contributed by atoms with Crippen LogP contribution in [0.15, 0.2) is 23.2 Å². The lowest BCUT2D eigenvalue weighted by Crippen LogP contribution is -2.37. The van der Waals surface area contributed by atoms with E-state index in [4.69, 9.17) is 9.47 Å². The molecule has 0 aliphatic carbocycles. The number of methoxy groups -OCH3 is 1. The lowest BCUT2D eigenvalue weighted by molar-refractivity contribution is 0.310. The van der Waals surface area contributed by atoms with Crippen molar-refractivity contribution in [3.8, 4) is 11.5 Å². The molecule has 0 atom stereocenters. The first-order chi connectivity index (χ1) is 13.6. The van der Waals surface area contributed by atoms with E-state index in [2.05, 4.69) is 46.6 Å². The molecule has 28 heavy (non-hydrogen) atoms. The smallest absolute Gasteiger partial charge is 0.191 e. The number of nitrogens with zero attached hydrogens (tertiary/aromatic N) is 2. The molecule has 2 N–H and O–H groups in total. The van der Waals surface area contributed by atoms with Crippen molar-refractivity contribution in [1.29, 1.82) is 0 Å². The molecule has 1 heterocycles. The van der Waals surface area contributed by atoms with E-state index < -0.39 is 0 Å². The van der Waals surface area contributed by atoms with E-state index in [1.165, 1.54) is 10.4 Å². The van der Waals surface area contributed by atoms with Gasteiger partial charge in [0.15, 0.2) is 17.5 Å². The summed E-state index contributed by atoms with van der Waals surface area (Å²) in [5.74, 6) is 2.41. The number of aryl methyl sites for hydroxylation is 3. The lowest BCUT2D eigenvalue weighted by Gasteiger charge is -2.12. The van der Waals surface area contributed by atoms with Crippen molar-refractivity contribution in [3.05, 3.63) is 39.3 Å². The van der Waals surface area contributed by atoms with E-state index in [0.29, 0.717) is 13.2 Å². The number of hydrogen-bond donors (Lipinski definition) is 2. The van der Waals surface area contributed by atoms with Gasteiger partial charge in [-0.2, -0.15) is 0 Å². The van der Waals surface area contributed by atoms with E-state index in [9.17, 15) is 0 Å². The van der Waals surface area contributed by atoms with Crippen LogP contribution in [0.3, 0.4) is 0 Å². The van der Waals surface area contributed by atoms with Crippen molar-refractivity contribution in [2.24, 2.45) is 4.99 Å². The van der Waals surface area contributed by atoms with Crippen LogP contribution < -0.4 is 20.1 Å². The summed E-state index contributed by atoms with van der Waals surface area (Å²) < 4.78 is 11.0. The van der Waals surface area contributed by atoms with E-state index in [1.807, 2.05) is 19.9 Å². The molecule has 154 valence electrons. The highest BCUT2D eigenvalue weighted by Crippen LogP contribution is 2.28. The van der Waals surface area contributed by atoms with Crippen LogP contribution in [-0.2, 0) is 13.0 Å². The van der Waals surface area contributed by atoms with Crippen molar-refractivity contribution >= 4 is 17.3 Å². The monoisotopic (exact) mass is 404 g/mol. The number of guanidine groups is 1. The Hall–Kier alpha value is -2.28. The highest BCUT2D eigenvalue weighted by molar-refractivity contribution is 7.11. The molecule has 0 saturated heterocycles. The molecule has 0 spiro atoms. The molecular weight excluding hydrogens is 372 g/mol. The Kier molecular flexibility index (Phi) is 9.07. The van der Waals surface area contributed by atoms with Gasteiger partial charge in [0.1, 0.15) is 5.01 Å². The minimum atomic E-state index is 0.602. The third-order valence-corrected chi connectivity index (χ3v) is 5.31. The maximum Gasteiger partial charge on any atom is 0.191 e. The average molecular weight is 405 g/mol. The van der Waals surface area contributed by atoms with Crippen LogP contribution >= 0.6 is 11.3 Å². The number of nitrogens with one attached hydrogen (secondary N) is 2. The largest absolute Gasteiger partial charge is 0.493 e. The summed E-state index contributed by atoms with van der Waals surface area (Å²) >= 11 is 1.71. The van der Waals surface area contributed by atoms with E-state index in [1.54, 1.807) is 18.4 Å². The number of hydrogen-bond acceptors (Lipinski definition) is 5. The van der Waals surface area contributed by atoms with Crippen LogP contribution in [0.2, 0.25) is 0 Å². The van der Waals surface area contributed by atoms with Crippen molar-refractivity contribution in [3.63, 3.8) is 0 Å².